The van der Waals surface area contributed by atoms with Crippen molar-refractivity contribution in [3.8, 4) is 0 Å². The van der Waals surface area contributed by atoms with E-state index in [0.29, 0.717) is 43.1 Å². The summed E-state index contributed by atoms with van der Waals surface area (Å²) in [5, 5.41) is 0. The molecule has 6 nitrogen and oxygen atoms in total. The van der Waals surface area contributed by atoms with Gasteiger partial charge >= 0.3 is 11.9 Å². The second-order valence-electron chi connectivity index (χ2n) is 4.28. The van der Waals surface area contributed by atoms with Gasteiger partial charge in [-0.3, -0.25) is 0 Å². The van der Waals surface area contributed by atoms with Crippen LogP contribution in [0.15, 0.2) is 18.2 Å². The van der Waals surface area contributed by atoms with Gasteiger partial charge in [0.2, 0.25) is 0 Å². The van der Waals surface area contributed by atoms with Gasteiger partial charge in [-0.15, -0.1) is 0 Å². The number of hydrogen-bond donors (Lipinski definition) is 0. The minimum atomic E-state index is -0.475. The maximum absolute atomic E-state index is 11.9. The van der Waals surface area contributed by atoms with Crippen molar-refractivity contribution in [2.75, 3.05) is 45.4 Å². The molecule has 1 aliphatic rings. The molecule has 1 aromatic rings. The van der Waals surface area contributed by atoms with E-state index >= 15 is 0 Å². The largest absolute Gasteiger partial charge is 0.465 e. The first kappa shape index (κ1) is 14.3. The monoisotopic (exact) mass is 279 g/mol. The first-order valence-electron chi connectivity index (χ1n) is 6.31. The summed E-state index contributed by atoms with van der Waals surface area (Å²) >= 11 is 0. The summed E-state index contributed by atoms with van der Waals surface area (Å²) in [5.41, 5.74) is 1.27. The fourth-order valence-corrected chi connectivity index (χ4v) is 2.22. The Bertz CT molecular complexity index is 474. The van der Waals surface area contributed by atoms with Crippen molar-refractivity contribution in [2.45, 2.75) is 0 Å². The summed E-state index contributed by atoms with van der Waals surface area (Å²) in [6.07, 6.45) is 0. The maximum atomic E-state index is 11.9. The summed E-state index contributed by atoms with van der Waals surface area (Å²) in [5.74, 6) is -0.950. The van der Waals surface area contributed by atoms with Crippen molar-refractivity contribution < 1.29 is 23.8 Å². The number of methoxy groups -OCH3 is 2. The van der Waals surface area contributed by atoms with Crippen LogP contribution < -0.4 is 4.90 Å². The van der Waals surface area contributed by atoms with E-state index in [0.717, 1.165) is 0 Å². The zero-order valence-corrected chi connectivity index (χ0v) is 11.5. The number of esters is 2. The molecule has 1 fully saturated rings. The van der Waals surface area contributed by atoms with Gasteiger partial charge in [0.15, 0.2) is 0 Å². The third-order valence-corrected chi connectivity index (χ3v) is 3.17. The second kappa shape index (κ2) is 6.38. The summed E-state index contributed by atoms with van der Waals surface area (Å²) in [6, 6.07) is 4.93. The predicted molar refractivity (Wildman–Crippen MR) is 72.2 cm³/mol. The van der Waals surface area contributed by atoms with Crippen LogP contribution in [0.4, 0.5) is 5.69 Å². The molecule has 1 aromatic carbocycles. The molecule has 1 heterocycles. The number of para-hydroxylation sites is 1. The normalized spacial score (nSPS) is 14.8. The van der Waals surface area contributed by atoms with E-state index in [1.807, 2.05) is 4.90 Å². The first-order valence-corrected chi connectivity index (χ1v) is 6.31. The molecular weight excluding hydrogens is 262 g/mol. The topological polar surface area (TPSA) is 65.1 Å². The van der Waals surface area contributed by atoms with Gasteiger partial charge in [-0.1, -0.05) is 6.07 Å². The van der Waals surface area contributed by atoms with E-state index < -0.39 is 11.9 Å². The Morgan fingerprint density at radius 3 is 2.00 bits per heavy atom. The van der Waals surface area contributed by atoms with E-state index in [1.54, 1.807) is 18.2 Å². The highest BCUT2D eigenvalue weighted by atomic mass is 16.5. The third-order valence-electron chi connectivity index (χ3n) is 3.17. The summed E-state index contributed by atoms with van der Waals surface area (Å²) in [4.78, 5) is 25.8. The molecule has 0 atom stereocenters. The van der Waals surface area contributed by atoms with Crippen LogP contribution in [-0.4, -0.2) is 52.5 Å². The fraction of sp³-hybridized carbons (Fsp3) is 0.429. The molecular formula is C14H17NO5. The molecule has 0 N–H and O–H groups in total. The lowest BCUT2D eigenvalue weighted by Crippen LogP contribution is -2.38. The van der Waals surface area contributed by atoms with Crippen molar-refractivity contribution in [1.29, 1.82) is 0 Å². The number of benzene rings is 1. The SMILES string of the molecule is COC(=O)c1cccc(C(=O)OC)c1N1CCOCC1. The number of morpholine rings is 1. The van der Waals surface area contributed by atoms with Crippen molar-refractivity contribution in [1.82, 2.24) is 0 Å². The molecule has 20 heavy (non-hydrogen) atoms. The summed E-state index contributed by atoms with van der Waals surface area (Å²) < 4.78 is 14.9. The van der Waals surface area contributed by atoms with E-state index in [1.165, 1.54) is 14.2 Å². The number of carbonyl (C=O) groups is 2. The molecule has 2 rings (SSSR count). The molecule has 6 heteroatoms. The number of nitrogens with zero attached hydrogens (tertiary/aromatic N) is 1. The lowest BCUT2D eigenvalue weighted by Gasteiger charge is -2.31. The summed E-state index contributed by atoms with van der Waals surface area (Å²) in [6.45, 7) is 2.32. The molecule has 108 valence electrons. The quantitative estimate of drug-likeness (QED) is 0.772. The molecule has 0 aromatic heterocycles. The number of rotatable bonds is 3. The Hall–Kier alpha value is -2.08. The first-order chi connectivity index (χ1) is 9.69. The van der Waals surface area contributed by atoms with E-state index in [9.17, 15) is 9.59 Å². The smallest absolute Gasteiger partial charge is 0.339 e. The van der Waals surface area contributed by atoms with Gasteiger partial charge in [0.05, 0.1) is 44.2 Å². The molecule has 0 spiro atoms. The van der Waals surface area contributed by atoms with Gasteiger partial charge in [-0.2, -0.15) is 0 Å². The Morgan fingerprint density at radius 2 is 1.55 bits per heavy atom. The average Bonchev–Trinajstić information content (AvgIpc) is 2.53. The van der Waals surface area contributed by atoms with Crippen molar-refractivity contribution in [2.24, 2.45) is 0 Å². The van der Waals surface area contributed by atoms with Gasteiger partial charge < -0.3 is 19.1 Å². The van der Waals surface area contributed by atoms with Crippen molar-refractivity contribution in [3.05, 3.63) is 29.3 Å². The maximum Gasteiger partial charge on any atom is 0.339 e. The van der Waals surface area contributed by atoms with E-state index in [4.69, 9.17) is 14.2 Å². The minimum absolute atomic E-state index is 0.359. The number of hydrogen-bond acceptors (Lipinski definition) is 6. The second-order valence-corrected chi connectivity index (χ2v) is 4.28. The van der Waals surface area contributed by atoms with E-state index in [-0.39, 0.29) is 0 Å². The predicted octanol–water partition coefficient (Wildman–Crippen LogP) is 1.10. The van der Waals surface area contributed by atoms with Gasteiger partial charge in [0.25, 0.3) is 0 Å². The Labute approximate surface area is 117 Å². The Kier molecular flexibility index (Phi) is 4.57. The van der Waals surface area contributed by atoms with Crippen LogP contribution in [0, 0.1) is 0 Å². The summed E-state index contributed by atoms with van der Waals surface area (Å²) in [7, 11) is 2.63. The Morgan fingerprint density at radius 1 is 1.05 bits per heavy atom. The van der Waals surface area contributed by atoms with Gasteiger partial charge in [0.1, 0.15) is 0 Å². The van der Waals surface area contributed by atoms with Crippen LogP contribution >= 0.6 is 0 Å². The molecule has 1 aliphatic heterocycles. The highest BCUT2D eigenvalue weighted by molar-refractivity contribution is 6.04. The zero-order chi connectivity index (χ0) is 14.5. The Balaban J connectivity index is 2.51. The highest BCUT2D eigenvalue weighted by Crippen LogP contribution is 2.28. The molecule has 0 unspecified atom stereocenters. The minimum Gasteiger partial charge on any atom is -0.465 e. The lowest BCUT2D eigenvalue weighted by atomic mass is 10.0. The lowest BCUT2D eigenvalue weighted by molar-refractivity contribution is 0.0598. The molecule has 0 radical (unpaired) electrons. The van der Waals surface area contributed by atoms with Crippen LogP contribution in [0.5, 0.6) is 0 Å². The molecule has 1 saturated heterocycles. The van der Waals surface area contributed by atoms with Crippen LogP contribution in [0.2, 0.25) is 0 Å². The van der Waals surface area contributed by atoms with E-state index in [2.05, 4.69) is 0 Å². The number of ether oxygens (including phenoxy) is 3. The van der Waals surface area contributed by atoms with Crippen molar-refractivity contribution in [3.63, 3.8) is 0 Å². The number of anilines is 1. The molecule has 0 aliphatic carbocycles. The molecule has 0 bridgehead atoms. The fourth-order valence-electron chi connectivity index (χ4n) is 2.22. The molecule has 0 saturated carbocycles. The zero-order valence-electron chi connectivity index (χ0n) is 11.5. The van der Waals surface area contributed by atoms with Crippen LogP contribution in [0.1, 0.15) is 20.7 Å². The van der Waals surface area contributed by atoms with Gasteiger partial charge in [0, 0.05) is 13.1 Å². The highest BCUT2D eigenvalue weighted by Gasteiger charge is 2.25. The van der Waals surface area contributed by atoms with Gasteiger partial charge in [-0.05, 0) is 12.1 Å². The third kappa shape index (κ3) is 2.75. The van der Waals surface area contributed by atoms with Crippen LogP contribution in [0.25, 0.3) is 0 Å². The number of carbonyl (C=O) groups excluding carboxylic acids is 2. The van der Waals surface area contributed by atoms with Gasteiger partial charge in [-0.25, -0.2) is 9.59 Å². The van der Waals surface area contributed by atoms with Crippen LogP contribution in [-0.2, 0) is 14.2 Å². The van der Waals surface area contributed by atoms with Crippen molar-refractivity contribution >= 4 is 17.6 Å². The standard InChI is InChI=1S/C14H17NO5/c1-18-13(16)10-4-3-5-11(14(17)19-2)12(10)15-6-8-20-9-7-15/h3-5H,6-9H2,1-2H3. The van der Waals surface area contributed by atoms with Crippen LogP contribution in [0.3, 0.4) is 0 Å². The molecule has 0 amide bonds. The average molecular weight is 279 g/mol.